The Bertz CT molecular complexity index is 457. The maximum atomic E-state index is 13.1. The molecule has 1 amide bonds. The molecular weight excluding hydrogens is 297 g/mol. The van der Waals surface area contributed by atoms with Crippen LogP contribution in [0.5, 0.6) is 0 Å². The SMILES string of the molecule is Cc1cc(C(=O)NCC2(CCBr)CC2)ccc1F. The average molecular weight is 314 g/mol. The molecule has 1 aromatic carbocycles. The van der Waals surface area contributed by atoms with E-state index in [4.69, 9.17) is 0 Å². The van der Waals surface area contributed by atoms with E-state index in [9.17, 15) is 9.18 Å². The van der Waals surface area contributed by atoms with Gasteiger partial charge in [-0.1, -0.05) is 15.9 Å². The van der Waals surface area contributed by atoms with Crippen molar-refractivity contribution in [3.63, 3.8) is 0 Å². The molecule has 2 rings (SSSR count). The summed E-state index contributed by atoms with van der Waals surface area (Å²) < 4.78 is 13.1. The fraction of sp³-hybridized carbons (Fsp3) is 0.500. The summed E-state index contributed by atoms with van der Waals surface area (Å²) in [6, 6.07) is 4.46. The third-order valence-corrected chi connectivity index (χ3v) is 4.02. The summed E-state index contributed by atoms with van der Waals surface area (Å²) in [7, 11) is 0. The van der Waals surface area contributed by atoms with Crippen LogP contribution in [0.4, 0.5) is 4.39 Å². The van der Waals surface area contributed by atoms with Crippen LogP contribution in [0.3, 0.4) is 0 Å². The lowest BCUT2D eigenvalue weighted by Crippen LogP contribution is -2.30. The molecule has 4 heteroatoms. The molecule has 0 saturated heterocycles. The third kappa shape index (κ3) is 3.10. The zero-order chi connectivity index (χ0) is 13.2. The van der Waals surface area contributed by atoms with Crippen LogP contribution >= 0.6 is 15.9 Å². The largest absolute Gasteiger partial charge is 0.351 e. The fourth-order valence-corrected chi connectivity index (χ4v) is 2.89. The van der Waals surface area contributed by atoms with Gasteiger partial charge in [-0.3, -0.25) is 4.79 Å². The minimum atomic E-state index is -0.274. The normalized spacial score (nSPS) is 16.4. The maximum Gasteiger partial charge on any atom is 0.251 e. The summed E-state index contributed by atoms with van der Waals surface area (Å²) in [6.45, 7) is 2.38. The molecule has 1 aliphatic carbocycles. The summed E-state index contributed by atoms with van der Waals surface area (Å²) in [5.41, 5.74) is 1.33. The van der Waals surface area contributed by atoms with E-state index in [1.54, 1.807) is 13.0 Å². The van der Waals surface area contributed by atoms with Gasteiger partial charge in [0.15, 0.2) is 0 Å². The summed E-state index contributed by atoms with van der Waals surface area (Å²) in [6.07, 6.45) is 3.46. The highest BCUT2D eigenvalue weighted by atomic mass is 79.9. The lowest BCUT2D eigenvalue weighted by Gasteiger charge is -2.14. The Morgan fingerprint density at radius 2 is 2.22 bits per heavy atom. The van der Waals surface area contributed by atoms with Gasteiger partial charge >= 0.3 is 0 Å². The molecule has 0 radical (unpaired) electrons. The van der Waals surface area contributed by atoms with Crippen LogP contribution in [0, 0.1) is 18.2 Å². The van der Waals surface area contributed by atoms with E-state index in [-0.39, 0.29) is 11.7 Å². The van der Waals surface area contributed by atoms with Crippen molar-refractivity contribution in [1.82, 2.24) is 5.32 Å². The Hall–Kier alpha value is -0.900. The Morgan fingerprint density at radius 3 is 2.78 bits per heavy atom. The Morgan fingerprint density at radius 1 is 1.50 bits per heavy atom. The lowest BCUT2D eigenvalue weighted by molar-refractivity contribution is 0.0944. The molecular formula is C14H17BrFNO. The summed E-state index contributed by atoms with van der Waals surface area (Å²) in [4.78, 5) is 11.9. The predicted octanol–water partition coefficient (Wildman–Crippen LogP) is 3.43. The van der Waals surface area contributed by atoms with Gasteiger partial charge in [0.25, 0.3) is 5.91 Å². The van der Waals surface area contributed by atoms with E-state index in [1.165, 1.54) is 25.0 Å². The van der Waals surface area contributed by atoms with Gasteiger partial charge in [0, 0.05) is 17.4 Å². The number of carbonyl (C=O) groups excluding carboxylic acids is 1. The minimum Gasteiger partial charge on any atom is -0.351 e. The summed E-state index contributed by atoms with van der Waals surface area (Å²) in [5, 5.41) is 3.92. The molecule has 0 heterocycles. The Labute approximate surface area is 115 Å². The van der Waals surface area contributed by atoms with Crippen LogP contribution in [0.2, 0.25) is 0 Å². The number of amides is 1. The average Bonchev–Trinajstić information content (AvgIpc) is 3.11. The number of rotatable bonds is 5. The Balaban J connectivity index is 1.93. The molecule has 0 unspecified atom stereocenters. The monoisotopic (exact) mass is 313 g/mol. The first-order valence-corrected chi connectivity index (χ1v) is 7.29. The number of carbonyl (C=O) groups is 1. The molecule has 1 aliphatic rings. The molecule has 2 nitrogen and oxygen atoms in total. The molecule has 1 saturated carbocycles. The van der Waals surface area contributed by atoms with Gasteiger partial charge in [-0.05, 0) is 55.4 Å². The number of alkyl halides is 1. The van der Waals surface area contributed by atoms with Crippen LogP contribution in [0.25, 0.3) is 0 Å². The van der Waals surface area contributed by atoms with Gasteiger partial charge in [0.1, 0.15) is 5.82 Å². The second kappa shape index (κ2) is 5.39. The number of aryl methyl sites for hydroxylation is 1. The first-order valence-electron chi connectivity index (χ1n) is 6.17. The van der Waals surface area contributed by atoms with Crippen molar-refractivity contribution in [3.05, 3.63) is 35.1 Å². The molecule has 0 bridgehead atoms. The topological polar surface area (TPSA) is 29.1 Å². The van der Waals surface area contributed by atoms with E-state index in [0.29, 0.717) is 23.1 Å². The first-order chi connectivity index (χ1) is 8.56. The van der Waals surface area contributed by atoms with Gasteiger partial charge < -0.3 is 5.32 Å². The molecule has 0 spiro atoms. The lowest BCUT2D eigenvalue weighted by atomic mass is 10.0. The van der Waals surface area contributed by atoms with E-state index in [0.717, 1.165) is 11.8 Å². The van der Waals surface area contributed by atoms with Crippen LogP contribution in [-0.4, -0.2) is 17.8 Å². The number of nitrogens with one attached hydrogen (secondary N) is 1. The highest BCUT2D eigenvalue weighted by Crippen LogP contribution is 2.48. The van der Waals surface area contributed by atoms with Gasteiger partial charge in [0.05, 0.1) is 0 Å². The van der Waals surface area contributed by atoms with E-state index in [1.807, 2.05) is 0 Å². The molecule has 1 fully saturated rings. The molecule has 0 atom stereocenters. The number of hydrogen-bond acceptors (Lipinski definition) is 1. The number of benzene rings is 1. The molecule has 98 valence electrons. The van der Waals surface area contributed by atoms with Gasteiger partial charge in [-0.15, -0.1) is 0 Å². The quantitative estimate of drug-likeness (QED) is 0.829. The highest BCUT2D eigenvalue weighted by Gasteiger charge is 2.41. The number of halogens is 2. The van der Waals surface area contributed by atoms with E-state index < -0.39 is 0 Å². The molecule has 1 aromatic rings. The summed E-state index contributed by atoms with van der Waals surface area (Å²) in [5.74, 6) is -0.386. The first kappa shape index (κ1) is 13.5. The third-order valence-electron chi connectivity index (χ3n) is 3.63. The van der Waals surface area contributed by atoms with Gasteiger partial charge in [0.2, 0.25) is 0 Å². The zero-order valence-corrected chi connectivity index (χ0v) is 12.0. The highest BCUT2D eigenvalue weighted by molar-refractivity contribution is 9.09. The van der Waals surface area contributed by atoms with Gasteiger partial charge in [-0.25, -0.2) is 4.39 Å². The van der Waals surface area contributed by atoms with Crippen LogP contribution in [-0.2, 0) is 0 Å². The fourth-order valence-electron chi connectivity index (χ4n) is 2.05. The van der Waals surface area contributed by atoms with Crippen molar-refractivity contribution < 1.29 is 9.18 Å². The Kier molecular flexibility index (Phi) is 4.05. The smallest absolute Gasteiger partial charge is 0.251 e. The van der Waals surface area contributed by atoms with Gasteiger partial charge in [-0.2, -0.15) is 0 Å². The maximum absolute atomic E-state index is 13.1. The second-order valence-electron chi connectivity index (χ2n) is 5.09. The second-order valence-corrected chi connectivity index (χ2v) is 5.88. The molecule has 0 aliphatic heterocycles. The zero-order valence-electron chi connectivity index (χ0n) is 10.4. The van der Waals surface area contributed by atoms with Crippen molar-refractivity contribution >= 4 is 21.8 Å². The standard InChI is InChI=1S/C14H17BrFNO/c1-10-8-11(2-3-12(10)16)13(18)17-9-14(4-5-14)6-7-15/h2-3,8H,4-7,9H2,1H3,(H,17,18). The van der Waals surface area contributed by atoms with E-state index in [2.05, 4.69) is 21.2 Å². The molecule has 0 aromatic heterocycles. The van der Waals surface area contributed by atoms with Crippen molar-refractivity contribution in [1.29, 1.82) is 0 Å². The van der Waals surface area contributed by atoms with Crippen LogP contribution < -0.4 is 5.32 Å². The van der Waals surface area contributed by atoms with Crippen LogP contribution in [0.15, 0.2) is 18.2 Å². The van der Waals surface area contributed by atoms with Crippen molar-refractivity contribution in [2.45, 2.75) is 26.2 Å². The molecule has 1 N–H and O–H groups in total. The number of hydrogen-bond donors (Lipinski definition) is 1. The summed E-state index contributed by atoms with van der Waals surface area (Å²) >= 11 is 3.44. The minimum absolute atomic E-state index is 0.112. The van der Waals surface area contributed by atoms with E-state index >= 15 is 0 Å². The predicted molar refractivity (Wildman–Crippen MR) is 73.5 cm³/mol. The van der Waals surface area contributed by atoms with Crippen molar-refractivity contribution in [2.24, 2.45) is 5.41 Å². The van der Waals surface area contributed by atoms with Crippen molar-refractivity contribution in [2.75, 3.05) is 11.9 Å². The molecule has 18 heavy (non-hydrogen) atoms. The van der Waals surface area contributed by atoms with Crippen molar-refractivity contribution in [3.8, 4) is 0 Å². The van der Waals surface area contributed by atoms with Crippen LogP contribution in [0.1, 0.15) is 35.2 Å².